The van der Waals surface area contributed by atoms with Gasteiger partial charge in [-0.3, -0.25) is 0 Å². The topological polar surface area (TPSA) is 29.3 Å². The standard InChI is InChI=1S/C15H24N2/c1-11(2)10-15(12(3)16)17-9-8-13-6-4-5-7-14(13)17/h4-7,11-12,15H,8-10,16H2,1-3H3/t12-,15-/m1/s1. The van der Waals surface area contributed by atoms with Crippen LogP contribution in [0.5, 0.6) is 0 Å². The highest BCUT2D eigenvalue weighted by molar-refractivity contribution is 5.58. The summed E-state index contributed by atoms with van der Waals surface area (Å²) in [4.78, 5) is 2.51. The molecular formula is C15H24N2. The van der Waals surface area contributed by atoms with Gasteiger partial charge in [0, 0.05) is 24.3 Å². The lowest BCUT2D eigenvalue weighted by Gasteiger charge is -2.34. The maximum atomic E-state index is 6.18. The van der Waals surface area contributed by atoms with E-state index in [1.165, 1.54) is 17.7 Å². The summed E-state index contributed by atoms with van der Waals surface area (Å²) in [5, 5.41) is 0. The van der Waals surface area contributed by atoms with Crippen LogP contribution in [0.15, 0.2) is 24.3 Å². The Labute approximate surface area is 105 Å². The van der Waals surface area contributed by atoms with Crippen molar-refractivity contribution in [3.8, 4) is 0 Å². The molecule has 0 amide bonds. The number of nitrogens with two attached hydrogens (primary N) is 1. The largest absolute Gasteiger partial charge is 0.366 e. The number of nitrogens with zero attached hydrogens (tertiary/aromatic N) is 1. The van der Waals surface area contributed by atoms with Crippen LogP contribution in [0.2, 0.25) is 0 Å². The number of hydrogen-bond acceptors (Lipinski definition) is 2. The summed E-state index contributed by atoms with van der Waals surface area (Å²) in [6.07, 6.45) is 2.34. The summed E-state index contributed by atoms with van der Waals surface area (Å²) in [7, 11) is 0. The van der Waals surface area contributed by atoms with Gasteiger partial charge in [-0.05, 0) is 37.3 Å². The summed E-state index contributed by atoms with van der Waals surface area (Å²) >= 11 is 0. The molecule has 0 unspecified atom stereocenters. The predicted molar refractivity (Wildman–Crippen MR) is 74.4 cm³/mol. The average molecular weight is 232 g/mol. The lowest BCUT2D eigenvalue weighted by molar-refractivity contribution is 0.424. The number of anilines is 1. The van der Waals surface area contributed by atoms with E-state index in [0.29, 0.717) is 12.0 Å². The van der Waals surface area contributed by atoms with Gasteiger partial charge in [-0.2, -0.15) is 0 Å². The van der Waals surface area contributed by atoms with E-state index in [0.717, 1.165) is 13.0 Å². The Hall–Kier alpha value is -1.02. The van der Waals surface area contributed by atoms with Crippen LogP contribution >= 0.6 is 0 Å². The Morgan fingerprint density at radius 3 is 2.59 bits per heavy atom. The first kappa shape index (κ1) is 12.4. The van der Waals surface area contributed by atoms with Crippen LogP contribution in [0.25, 0.3) is 0 Å². The predicted octanol–water partition coefficient (Wildman–Crippen LogP) is 2.81. The molecule has 0 radical (unpaired) electrons. The Morgan fingerprint density at radius 2 is 1.94 bits per heavy atom. The fraction of sp³-hybridized carbons (Fsp3) is 0.600. The van der Waals surface area contributed by atoms with Crippen LogP contribution < -0.4 is 10.6 Å². The van der Waals surface area contributed by atoms with Crippen molar-refractivity contribution >= 4 is 5.69 Å². The number of fused-ring (bicyclic) bond motifs is 1. The van der Waals surface area contributed by atoms with E-state index in [9.17, 15) is 0 Å². The zero-order chi connectivity index (χ0) is 12.4. The third-order valence-electron chi connectivity index (χ3n) is 3.64. The van der Waals surface area contributed by atoms with Gasteiger partial charge in [0.05, 0.1) is 0 Å². The van der Waals surface area contributed by atoms with E-state index in [4.69, 9.17) is 5.73 Å². The fourth-order valence-electron chi connectivity index (χ4n) is 2.82. The highest BCUT2D eigenvalue weighted by Crippen LogP contribution is 2.31. The molecule has 0 spiro atoms. The minimum absolute atomic E-state index is 0.226. The monoisotopic (exact) mass is 232 g/mol. The first-order chi connectivity index (χ1) is 8.09. The van der Waals surface area contributed by atoms with E-state index in [-0.39, 0.29) is 6.04 Å². The van der Waals surface area contributed by atoms with Gasteiger partial charge in [0.25, 0.3) is 0 Å². The van der Waals surface area contributed by atoms with Gasteiger partial charge in [0.1, 0.15) is 0 Å². The van der Waals surface area contributed by atoms with Crippen molar-refractivity contribution in [2.24, 2.45) is 11.7 Å². The van der Waals surface area contributed by atoms with E-state index < -0.39 is 0 Å². The van der Waals surface area contributed by atoms with Gasteiger partial charge < -0.3 is 10.6 Å². The molecule has 2 atom stereocenters. The summed E-state index contributed by atoms with van der Waals surface area (Å²) in [5.41, 5.74) is 9.05. The number of para-hydroxylation sites is 1. The molecule has 0 saturated heterocycles. The molecule has 2 N–H and O–H groups in total. The molecule has 0 fully saturated rings. The normalized spacial score (nSPS) is 18.3. The Morgan fingerprint density at radius 1 is 1.24 bits per heavy atom. The van der Waals surface area contributed by atoms with Gasteiger partial charge in [-0.25, -0.2) is 0 Å². The van der Waals surface area contributed by atoms with Crippen molar-refractivity contribution in [1.29, 1.82) is 0 Å². The quantitative estimate of drug-likeness (QED) is 0.865. The van der Waals surface area contributed by atoms with Crippen LogP contribution in [0.3, 0.4) is 0 Å². The van der Waals surface area contributed by atoms with Gasteiger partial charge >= 0.3 is 0 Å². The highest BCUT2D eigenvalue weighted by atomic mass is 15.2. The molecule has 1 aliphatic heterocycles. The molecule has 0 saturated carbocycles. The molecule has 2 nitrogen and oxygen atoms in total. The molecule has 1 heterocycles. The summed E-state index contributed by atoms with van der Waals surface area (Å²) in [6, 6.07) is 9.43. The second-order valence-corrected chi connectivity index (χ2v) is 5.63. The molecule has 0 aromatic heterocycles. The Kier molecular flexibility index (Phi) is 3.72. The number of benzene rings is 1. The fourth-order valence-corrected chi connectivity index (χ4v) is 2.82. The van der Waals surface area contributed by atoms with Crippen molar-refractivity contribution in [2.75, 3.05) is 11.4 Å². The van der Waals surface area contributed by atoms with Gasteiger partial charge in [0.15, 0.2) is 0 Å². The first-order valence-electron chi connectivity index (χ1n) is 6.69. The van der Waals surface area contributed by atoms with Crippen molar-refractivity contribution < 1.29 is 0 Å². The lowest BCUT2D eigenvalue weighted by atomic mass is 9.97. The van der Waals surface area contributed by atoms with Crippen molar-refractivity contribution in [3.05, 3.63) is 29.8 Å². The average Bonchev–Trinajstić information content (AvgIpc) is 2.69. The van der Waals surface area contributed by atoms with E-state index in [1.807, 2.05) is 0 Å². The van der Waals surface area contributed by atoms with Crippen molar-refractivity contribution in [3.63, 3.8) is 0 Å². The van der Waals surface area contributed by atoms with Crippen molar-refractivity contribution in [1.82, 2.24) is 0 Å². The second-order valence-electron chi connectivity index (χ2n) is 5.63. The highest BCUT2D eigenvalue weighted by Gasteiger charge is 2.28. The number of rotatable bonds is 4. The first-order valence-corrected chi connectivity index (χ1v) is 6.69. The molecular weight excluding hydrogens is 208 g/mol. The zero-order valence-electron chi connectivity index (χ0n) is 11.2. The molecule has 2 heteroatoms. The second kappa shape index (κ2) is 5.09. The van der Waals surface area contributed by atoms with Gasteiger partial charge in [-0.15, -0.1) is 0 Å². The van der Waals surface area contributed by atoms with Gasteiger partial charge in [0.2, 0.25) is 0 Å². The maximum absolute atomic E-state index is 6.18. The Bertz CT molecular complexity index is 371. The molecule has 0 aliphatic carbocycles. The van der Waals surface area contributed by atoms with Crippen molar-refractivity contribution in [2.45, 2.75) is 45.7 Å². The number of hydrogen-bond donors (Lipinski definition) is 1. The third kappa shape index (κ3) is 2.63. The SMILES string of the molecule is CC(C)C[C@H]([C@@H](C)N)N1CCc2ccccc21. The van der Waals surface area contributed by atoms with Crippen LogP contribution in [-0.2, 0) is 6.42 Å². The molecule has 17 heavy (non-hydrogen) atoms. The van der Waals surface area contributed by atoms with Crippen LogP contribution in [0.1, 0.15) is 32.8 Å². The third-order valence-corrected chi connectivity index (χ3v) is 3.64. The minimum Gasteiger partial charge on any atom is -0.366 e. The zero-order valence-corrected chi connectivity index (χ0v) is 11.2. The molecule has 1 aromatic rings. The van der Waals surface area contributed by atoms with Crippen LogP contribution in [0, 0.1) is 5.92 Å². The smallest absolute Gasteiger partial charge is 0.0441 e. The maximum Gasteiger partial charge on any atom is 0.0441 e. The van der Waals surface area contributed by atoms with E-state index in [2.05, 4.69) is 49.9 Å². The molecule has 2 rings (SSSR count). The molecule has 0 bridgehead atoms. The summed E-state index contributed by atoms with van der Waals surface area (Å²) < 4.78 is 0. The van der Waals surface area contributed by atoms with Crippen LogP contribution in [0.4, 0.5) is 5.69 Å². The minimum atomic E-state index is 0.226. The molecule has 1 aliphatic rings. The summed E-state index contributed by atoms with van der Waals surface area (Å²) in [5.74, 6) is 0.693. The van der Waals surface area contributed by atoms with E-state index >= 15 is 0 Å². The van der Waals surface area contributed by atoms with E-state index in [1.54, 1.807) is 0 Å². The summed E-state index contributed by atoms with van der Waals surface area (Å²) in [6.45, 7) is 7.81. The van der Waals surface area contributed by atoms with Gasteiger partial charge in [-0.1, -0.05) is 32.0 Å². The lowest BCUT2D eigenvalue weighted by Crippen LogP contribution is -2.46. The molecule has 94 valence electrons. The van der Waals surface area contributed by atoms with Crippen LogP contribution in [-0.4, -0.2) is 18.6 Å². The molecule has 1 aromatic carbocycles. The Balaban J connectivity index is 2.21.